The van der Waals surface area contributed by atoms with E-state index in [0.29, 0.717) is 5.92 Å². The molecule has 0 amide bonds. The fourth-order valence-electron chi connectivity index (χ4n) is 3.62. The summed E-state index contributed by atoms with van der Waals surface area (Å²) in [4.78, 5) is 7.27. The van der Waals surface area contributed by atoms with E-state index in [1.165, 1.54) is 12.8 Å². The third-order valence-corrected chi connectivity index (χ3v) is 5.19. The first kappa shape index (κ1) is 21.4. The molecule has 1 fully saturated rings. The maximum Gasteiger partial charge on any atom is 0.191 e. The highest BCUT2D eigenvalue weighted by molar-refractivity contribution is 5.79. The van der Waals surface area contributed by atoms with Crippen molar-refractivity contribution in [2.75, 3.05) is 32.7 Å². The first-order valence-electron chi connectivity index (χ1n) is 10.8. The standard InChI is InChI=1S/C21H35N7O/c1-4-20-26-25-16-28(20)12-9-22-21(23-14-17(2)3)24-15-18(19-8-7-13-29-19)27-10-5-6-11-27/h7-8,13,16-18H,4-6,9-12,14-15H2,1-3H3,(H2,22,23,24). The first-order chi connectivity index (χ1) is 14.2. The van der Waals surface area contributed by atoms with Crippen molar-refractivity contribution in [2.24, 2.45) is 10.9 Å². The number of hydrogen-bond acceptors (Lipinski definition) is 5. The molecular formula is C21H35N7O. The Morgan fingerprint density at radius 2 is 2.10 bits per heavy atom. The molecular weight excluding hydrogens is 366 g/mol. The van der Waals surface area contributed by atoms with Gasteiger partial charge in [-0.3, -0.25) is 9.89 Å². The third-order valence-electron chi connectivity index (χ3n) is 5.19. The molecule has 2 aromatic rings. The molecule has 0 aromatic carbocycles. The summed E-state index contributed by atoms with van der Waals surface area (Å²) in [5.74, 6) is 3.38. The number of aliphatic imine (C=N–C) groups is 1. The summed E-state index contributed by atoms with van der Waals surface area (Å²) in [6.07, 6.45) is 6.94. The van der Waals surface area contributed by atoms with E-state index in [-0.39, 0.29) is 6.04 Å². The quantitative estimate of drug-likeness (QED) is 0.470. The number of likely N-dealkylation sites (tertiary alicyclic amines) is 1. The summed E-state index contributed by atoms with van der Waals surface area (Å²) < 4.78 is 7.82. The Morgan fingerprint density at radius 3 is 2.79 bits per heavy atom. The number of hydrogen-bond donors (Lipinski definition) is 2. The van der Waals surface area contributed by atoms with Crippen LogP contribution in [0.5, 0.6) is 0 Å². The number of aromatic nitrogens is 3. The lowest BCUT2D eigenvalue weighted by atomic mass is 10.2. The highest BCUT2D eigenvalue weighted by atomic mass is 16.3. The molecule has 8 heteroatoms. The van der Waals surface area contributed by atoms with Crippen molar-refractivity contribution >= 4 is 5.96 Å². The Labute approximate surface area is 173 Å². The van der Waals surface area contributed by atoms with E-state index < -0.39 is 0 Å². The van der Waals surface area contributed by atoms with Gasteiger partial charge in [-0.05, 0) is 44.0 Å². The molecule has 1 aliphatic rings. The van der Waals surface area contributed by atoms with E-state index in [9.17, 15) is 0 Å². The van der Waals surface area contributed by atoms with Crippen molar-refractivity contribution in [3.63, 3.8) is 0 Å². The van der Waals surface area contributed by atoms with Crippen molar-refractivity contribution in [1.29, 1.82) is 0 Å². The Balaban J connectivity index is 1.59. The molecule has 1 unspecified atom stereocenters. The SMILES string of the molecule is CCc1nncn1CCNC(=NCC(C)C)NCC(c1ccco1)N1CCCC1. The summed E-state index contributed by atoms with van der Waals surface area (Å²) >= 11 is 0. The molecule has 0 saturated carbocycles. The van der Waals surface area contributed by atoms with Crippen LogP contribution in [-0.2, 0) is 13.0 Å². The Bertz CT molecular complexity index is 732. The highest BCUT2D eigenvalue weighted by Crippen LogP contribution is 2.24. The molecule has 8 nitrogen and oxygen atoms in total. The van der Waals surface area contributed by atoms with Crippen LogP contribution in [0.15, 0.2) is 34.1 Å². The van der Waals surface area contributed by atoms with E-state index in [1.54, 1.807) is 12.6 Å². The zero-order chi connectivity index (χ0) is 20.5. The van der Waals surface area contributed by atoms with E-state index >= 15 is 0 Å². The molecule has 0 aliphatic carbocycles. The molecule has 1 aliphatic heterocycles. The fraction of sp³-hybridized carbons (Fsp3) is 0.667. The van der Waals surface area contributed by atoms with Crippen molar-refractivity contribution < 1.29 is 4.42 Å². The van der Waals surface area contributed by atoms with Gasteiger partial charge >= 0.3 is 0 Å². The zero-order valence-corrected chi connectivity index (χ0v) is 18.0. The second-order valence-electron chi connectivity index (χ2n) is 7.96. The molecule has 0 spiro atoms. The van der Waals surface area contributed by atoms with Crippen LogP contribution in [-0.4, -0.2) is 58.3 Å². The van der Waals surface area contributed by atoms with Crippen LogP contribution in [0.25, 0.3) is 0 Å². The summed E-state index contributed by atoms with van der Waals surface area (Å²) in [7, 11) is 0. The van der Waals surface area contributed by atoms with Gasteiger partial charge in [0.15, 0.2) is 5.96 Å². The minimum Gasteiger partial charge on any atom is -0.468 e. The molecule has 3 rings (SSSR count). The monoisotopic (exact) mass is 401 g/mol. The van der Waals surface area contributed by atoms with Gasteiger partial charge in [0.05, 0.1) is 12.3 Å². The highest BCUT2D eigenvalue weighted by Gasteiger charge is 2.25. The largest absolute Gasteiger partial charge is 0.468 e. The van der Waals surface area contributed by atoms with E-state index in [2.05, 4.69) is 57.1 Å². The van der Waals surface area contributed by atoms with Crippen molar-refractivity contribution in [2.45, 2.75) is 52.6 Å². The molecule has 3 heterocycles. The van der Waals surface area contributed by atoms with Gasteiger partial charge in [0, 0.05) is 32.6 Å². The summed E-state index contributed by atoms with van der Waals surface area (Å²) in [5.41, 5.74) is 0. The van der Waals surface area contributed by atoms with Crippen LogP contribution >= 0.6 is 0 Å². The van der Waals surface area contributed by atoms with Crippen molar-refractivity contribution in [3.05, 3.63) is 36.3 Å². The van der Waals surface area contributed by atoms with E-state index in [0.717, 1.165) is 63.2 Å². The van der Waals surface area contributed by atoms with Crippen LogP contribution in [0.3, 0.4) is 0 Å². The molecule has 1 atom stereocenters. The lowest BCUT2D eigenvalue weighted by Gasteiger charge is -2.27. The van der Waals surface area contributed by atoms with Gasteiger partial charge in [-0.25, -0.2) is 0 Å². The molecule has 0 bridgehead atoms. The van der Waals surface area contributed by atoms with Gasteiger partial charge in [-0.2, -0.15) is 0 Å². The second-order valence-corrected chi connectivity index (χ2v) is 7.96. The van der Waals surface area contributed by atoms with Crippen LogP contribution < -0.4 is 10.6 Å². The number of rotatable bonds is 10. The normalized spacial score (nSPS) is 16.5. The molecule has 0 radical (unpaired) electrons. The number of nitrogens with one attached hydrogen (secondary N) is 2. The van der Waals surface area contributed by atoms with Crippen molar-refractivity contribution in [1.82, 2.24) is 30.3 Å². The van der Waals surface area contributed by atoms with Gasteiger partial charge in [0.2, 0.25) is 0 Å². The maximum absolute atomic E-state index is 5.74. The first-order valence-corrected chi connectivity index (χ1v) is 10.8. The maximum atomic E-state index is 5.74. The van der Waals surface area contributed by atoms with Crippen LogP contribution in [0, 0.1) is 5.92 Å². The second kappa shape index (κ2) is 11.0. The van der Waals surface area contributed by atoms with Gasteiger partial charge in [0.1, 0.15) is 17.9 Å². The van der Waals surface area contributed by atoms with Gasteiger partial charge in [-0.15, -0.1) is 10.2 Å². The average molecular weight is 402 g/mol. The number of nitrogens with zero attached hydrogens (tertiary/aromatic N) is 5. The minimum absolute atomic E-state index is 0.225. The topological polar surface area (TPSA) is 83.5 Å². The Hall–Kier alpha value is -2.35. The number of guanidine groups is 1. The number of furan rings is 1. The van der Waals surface area contributed by atoms with Crippen LogP contribution in [0.2, 0.25) is 0 Å². The van der Waals surface area contributed by atoms with E-state index in [4.69, 9.17) is 9.41 Å². The molecule has 29 heavy (non-hydrogen) atoms. The third kappa shape index (κ3) is 6.32. The molecule has 1 saturated heterocycles. The van der Waals surface area contributed by atoms with E-state index in [1.807, 2.05) is 6.07 Å². The lowest BCUT2D eigenvalue weighted by molar-refractivity contribution is 0.215. The summed E-state index contributed by atoms with van der Waals surface area (Å²) in [6, 6.07) is 4.26. The fourth-order valence-corrected chi connectivity index (χ4v) is 3.62. The minimum atomic E-state index is 0.225. The lowest BCUT2D eigenvalue weighted by Crippen LogP contribution is -2.43. The van der Waals surface area contributed by atoms with Gasteiger partial charge in [0.25, 0.3) is 0 Å². The Kier molecular flexibility index (Phi) is 8.10. The summed E-state index contributed by atoms with van der Waals surface area (Å²) in [5, 5.41) is 15.2. The van der Waals surface area contributed by atoms with Gasteiger partial charge in [-0.1, -0.05) is 20.8 Å². The predicted molar refractivity (Wildman–Crippen MR) is 115 cm³/mol. The molecule has 2 aromatic heterocycles. The molecule has 160 valence electrons. The Morgan fingerprint density at radius 1 is 1.28 bits per heavy atom. The summed E-state index contributed by atoms with van der Waals surface area (Å²) in [6.45, 7) is 11.8. The van der Waals surface area contributed by atoms with Crippen molar-refractivity contribution in [3.8, 4) is 0 Å². The number of aryl methyl sites for hydroxylation is 1. The van der Waals surface area contributed by atoms with Crippen LogP contribution in [0.1, 0.15) is 51.2 Å². The smallest absolute Gasteiger partial charge is 0.191 e. The molecule has 2 N–H and O–H groups in total. The predicted octanol–water partition coefficient (Wildman–Crippen LogP) is 2.46. The van der Waals surface area contributed by atoms with Crippen LogP contribution in [0.4, 0.5) is 0 Å². The van der Waals surface area contributed by atoms with Gasteiger partial charge < -0.3 is 19.6 Å². The average Bonchev–Trinajstić information content (AvgIpc) is 3.48. The zero-order valence-electron chi connectivity index (χ0n) is 18.0.